The number of benzene rings is 3. The van der Waals surface area contributed by atoms with Crippen LogP contribution in [0.15, 0.2) is 72.8 Å². The summed E-state index contributed by atoms with van der Waals surface area (Å²) in [6.07, 6.45) is 0. The lowest BCUT2D eigenvalue weighted by Gasteiger charge is -2.25. The summed E-state index contributed by atoms with van der Waals surface area (Å²) in [5.41, 5.74) is 5.89. The first-order valence-corrected chi connectivity index (χ1v) is 9.58. The smallest absolute Gasteiger partial charge is 0.338 e. The lowest BCUT2D eigenvalue weighted by molar-refractivity contribution is 0.0526. The molecule has 0 aliphatic carbocycles. The molecule has 0 radical (unpaired) electrons. The summed E-state index contributed by atoms with van der Waals surface area (Å²) < 4.78 is 16.4. The summed E-state index contributed by atoms with van der Waals surface area (Å²) in [7, 11) is 1.66. The van der Waals surface area contributed by atoms with Crippen LogP contribution < -0.4 is 9.47 Å². The number of fused-ring (bicyclic) bond motifs is 1. The number of hydrogen-bond acceptors (Lipinski definition) is 4. The highest BCUT2D eigenvalue weighted by atomic mass is 16.5. The van der Waals surface area contributed by atoms with Gasteiger partial charge in [-0.05, 0) is 54.0 Å². The van der Waals surface area contributed by atoms with Crippen LogP contribution in [0.2, 0.25) is 0 Å². The van der Waals surface area contributed by atoms with E-state index >= 15 is 0 Å². The van der Waals surface area contributed by atoms with E-state index in [4.69, 9.17) is 14.2 Å². The first-order valence-electron chi connectivity index (χ1n) is 9.58. The van der Waals surface area contributed by atoms with E-state index in [0.29, 0.717) is 18.8 Å². The third-order valence-corrected chi connectivity index (χ3v) is 4.95. The van der Waals surface area contributed by atoms with Crippen LogP contribution >= 0.6 is 0 Å². The van der Waals surface area contributed by atoms with E-state index in [1.807, 2.05) is 42.5 Å². The Morgan fingerprint density at radius 2 is 1.62 bits per heavy atom. The van der Waals surface area contributed by atoms with E-state index in [0.717, 1.165) is 39.3 Å². The van der Waals surface area contributed by atoms with E-state index in [-0.39, 0.29) is 5.97 Å². The van der Waals surface area contributed by atoms with Gasteiger partial charge in [0.2, 0.25) is 0 Å². The Morgan fingerprint density at radius 1 is 0.931 bits per heavy atom. The van der Waals surface area contributed by atoms with Crippen molar-refractivity contribution in [2.24, 2.45) is 0 Å². The average molecular weight is 386 g/mol. The molecule has 0 saturated heterocycles. The second kappa shape index (κ2) is 8.23. The van der Waals surface area contributed by atoms with E-state index in [1.54, 1.807) is 26.2 Å². The van der Waals surface area contributed by atoms with Crippen molar-refractivity contribution in [1.82, 2.24) is 0 Å². The van der Waals surface area contributed by atoms with Crippen molar-refractivity contribution >= 4 is 17.1 Å². The van der Waals surface area contributed by atoms with E-state index < -0.39 is 0 Å². The van der Waals surface area contributed by atoms with Gasteiger partial charge >= 0.3 is 5.97 Å². The Balaban J connectivity index is 1.82. The van der Waals surface area contributed by atoms with Crippen LogP contribution in [0.5, 0.6) is 11.5 Å². The minimum absolute atomic E-state index is 0.311. The summed E-state index contributed by atoms with van der Waals surface area (Å²) >= 11 is 0. The number of rotatable bonds is 5. The standard InChI is InChI=1S/C25H22O4/c1-3-28-25(26)19-10-8-17(9-11-19)22-16-29-23-7-5-4-6-21(23)24(22)18-12-14-20(27-2)15-13-18/h4-15H,3,16H2,1-2H3. The maximum Gasteiger partial charge on any atom is 0.338 e. The van der Waals surface area contributed by atoms with Gasteiger partial charge < -0.3 is 14.2 Å². The van der Waals surface area contributed by atoms with Gasteiger partial charge in [0.25, 0.3) is 0 Å². The van der Waals surface area contributed by atoms with Crippen LogP contribution in [0.25, 0.3) is 11.1 Å². The number of ether oxygens (including phenoxy) is 3. The second-order valence-electron chi connectivity index (χ2n) is 6.66. The van der Waals surface area contributed by atoms with Crippen molar-refractivity contribution in [3.63, 3.8) is 0 Å². The summed E-state index contributed by atoms with van der Waals surface area (Å²) in [6.45, 7) is 2.62. The molecule has 1 aliphatic rings. The van der Waals surface area contributed by atoms with Gasteiger partial charge in [-0.2, -0.15) is 0 Å². The van der Waals surface area contributed by atoms with E-state index in [2.05, 4.69) is 18.2 Å². The van der Waals surface area contributed by atoms with Gasteiger partial charge in [0, 0.05) is 11.1 Å². The predicted molar refractivity (Wildman–Crippen MR) is 113 cm³/mol. The molecule has 29 heavy (non-hydrogen) atoms. The van der Waals surface area contributed by atoms with Gasteiger partial charge in [-0.3, -0.25) is 0 Å². The molecule has 0 amide bonds. The Labute approximate surface area is 170 Å². The van der Waals surface area contributed by atoms with Gasteiger partial charge in [-0.1, -0.05) is 42.5 Å². The highest BCUT2D eigenvalue weighted by Crippen LogP contribution is 2.41. The zero-order valence-electron chi connectivity index (χ0n) is 16.5. The molecule has 0 unspecified atom stereocenters. The molecule has 4 heteroatoms. The summed E-state index contributed by atoms with van der Waals surface area (Å²) in [5.74, 6) is 1.37. The second-order valence-corrected chi connectivity index (χ2v) is 6.66. The van der Waals surface area contributed by atoms with Gasteiger partial charge in [-0.25, -0.2) is 4.79 Å². The highest BCUT2D eigenvalue weighted by molar-refractivity contribution is 6.02. The fraction of sp³-hybridized carbons (Fsp3) is 0.160. The zero-order chi connectivity index (χ0) is 20.2. The predicted octanol–water partition coefficient (Wildman–Crippen LogP) is 5.22. The molecule has 3 aromatic carbocycles. The molecule has 0 N–H and O–H groups in total. The van der Waals surface area contributed by atoms with Crippen LogP contribution in [0, 0.1) is 0 Å². The van der Waals surface area contributed by atoms with Crippen molar-refractivity contribution in [3.8, 4) is 11.5 Å². The molecule has 0 aromatic heterocycles. The highest BCUT2D eigenvalue weighted by Gasteiger charge is 2.22. The maximum atomic E-state index is 12.0. The molecule has 0 saturated carbocycles. The molecule has 4 rings (SSSR count). The third-order valence-electron chi connectivity index (χ3n) is 4.95. The number of carbonyl (C=O) groups is 1. The molecule has 1 aliphatic heterocycles. The van der Waals surface area contributed by atoms with Crippen LogP contribution in [-0.4, -0.2) is 26.3 Å². The van der Waals surface area contributed by atoms with Gasteiger partial charge in [0.15, 0.2) is 0 Å². The van der Waals surface area contributed by atoms with Crippen LogP contribution in [0.4, 0.5) is 0 Å². The summed E-state index contributed by atoms with van der Waals surface area (Å²) in [5, 5.41) is 0. The molecular formula is C25H22O4. The Bertz CT molecular complexity index is 1050. The number of para-hydroxylation sites is 1. The fourth-order valence-corrected chi connectivity index (χ4v) is 3.52. The average Bonchev–Trinajstić information content (AvgIpc) is 2.78. The maximum absolute atomic E-state index is 12.0. The molecule has 0 bridgehead atoms. The van der Waals surface area contributed by atoms with Crippen LogP contribution in [-0.2, 0) is 4.74 Å². The van der Waals surface area contributed by atoms with Crippen LogP contribution in [0.1, 0.15) is 34.0 Å². The van der Waals surface area contributed by atoms with Crippen molar-refractivity contribution < 1.29 is 19.0 Å². The lowest BCUT2D eigenvalue weighted by Crippen LogP contribution is -2.12. The fourth-order valence-electron chi connectivity index (χ4n) is 3.52. The molecule has 0 spiro atoms. The molecule has 1 heterocycles. The number of hydrogen-bond donors (Lipinski definition) is 0. The largest absolute Gasteiger partial charge is 0.497 e. The molecule has 0 atom stereocenters. The quantitative estimate of drug-likeness (QED) is 0.564. The van der Waals surface area contributed by atoms with Crippen molar-refractivity contribution in [1.29, 1.82) is 0 Å². The number of carbonyl (C=O) groups excluding carboxylic acids is 1. The minimum Gasteiger partial charge on any atom is -0.497 e. The van der Waals surface area contributed by atoms with Gasteiger partial charge in [-0.15, -0.1) is 0 Å². The van der Waals surface area contributed by atoms with Gasteiger partial charge in [0.05, 0.1) is 19.3 Å². The van der Waals surface area contributed by atoms with Crippen LogP contribution in [0.3, 0.4) is 0 Å². The van der Waals surface area contributed by atoms with Crippen molar-refractivity contribution in [2.45, 2.75) is 6.92 Å². The first-order chi connectivity index (χ1) is 14.2. The monoisotopic (exact) mass is 386 g/mol. The van der Waals surface area contributed by atoms with Crippen molar-refractivity contribution in [3.05, 3.63) is 95.1 Å². The SMILES string of the molecule is CCOC(=O)c1ccc(C2=C(c3ccc(OC)cc3)c3ccccc3OC2)cc1. The number of esters is 1. The van der Waals surface area contributed by atoms with E-state index in [9.17, 15) is 4.79 Å². The normalized spacial score (nSPS) is 12.8. The summed E-state index contributed by atoms with van der Waals surface area (Å²) in [6, 6.07) is 23.6. The minimum atomic E-state index is -0.311. The molecule has 0 fully saturated rings. The lowest BCUT2D eigenvalue weighted by atomic mass is 9.87. The number of methoxy groups -OCH3 is 1. The molecular weight excluding hydrogens is 364 g/mol. The van der Waals surface area contributed by atoms with Crippen molar-refractivity contribution in [2.75, 3.05) is 20.3 Å². The molecule has 146 valence electrons. The Morgan fingerprint density at radius 3 is 2.31 bits per heavy atom. The first kappa shape index (κ1) is 18.8. The van der Waals surface area contributed by atoms with Gasteiger partial charge in [0.1, 0.15) is 18.1 Å². The topological polar surface area (TPSA) is 44.8 Å². The Hall–Kier alpha value is -3.53. The van der Waals surface area contributed by atoms with E-state index in [1.165, 1.54) is 0 Å². The molecule has 3 aromatic rings. The zero-order valence-corrected chi connectivity index (χ0v) is 16.5. The summed E-state index contributed by atoms with van der Waals surface area (Å²) in [4.78, 5) is 12.0. The Kier molecular flexibility index (Phi) is 5.34. The molecule has 4 nitrogen and oxygen atoms in total. The third kappa shape index (κ3) is 3.74.